The molecular weight excluding hydrogens is 344 g/mol. The van der Waals surface area contributed by atoms with Gasteiger partial charge in [0.15, 0.2) is 17.6 Å². The number of rotatable bonds is 2. The minimum Gasteiger partial charge on any atom is -0.418 e. The van der Waals surface area contributed by atoms with E-state index in [-0.39, 0.29) is 0 Å². The zero-order valence-electron chi connectivity index (χ0n) is 13.6. The second-order valence-corrected chi connectivity index (χ2v) is 5.91. The molecule has 0 atom stereocenters. The predicted molar refractivity (Wildman–Crippen MR) is 96.4 cm³/mol. The molecule has 0 bridgehead atoms. The van der Waals surface area contributed by atoms with Crippen LogP contribution in [-0.2, 0) is 0 Å². The van der Waals surface area contributed by atoms with Crippen molar-refractivity contribution in [2.75, 3.05) is 0 Å². The lowest BCUT2D eigenvalue weighted by atomic mass is 10.1. The van der Waals surface area contributed by atoms with Gasteiger partial charge >= 0.3 is 0 Å². The van der Waals surface area contributed by atoms with Crippen LogP contribution in [0.2, 0.25) is 0 Å². The van der Waals surface area contributed by atoms with Crippen LogP contribution < -0.4 is 0 Å². The van der Waals surface area contributed by atoms with Crippen molar-refractivity contribution >= 4 is 33.6 Å². The van der Waals surface area contributed by atoms with Gasteiger partial charge in [-0.05, 0) is 24.3 Å². The normalized spacial score (nSPS) is 11.7. The molecule has 9 nitrogen and oxygen atoms in total. The molecule has 0 aliphatic heterocycles. The summed E-state index contributed by atoms with van der Waals surface area (Å²) in [6, 6.07) is 7.45. The molecule has 27 heavy (non-hydrogen) atoms. The maximum absolute atomic E-state index is 5.86. The van der Waals surface area contributed by atoms with Crippen LogP contribution in [-0.4, -0.2) is 39.9 Å². The molecule has 0 aromatic carbocycles. The Hall–Kier alpha value is -4.14. The SMILES string of the molecule is [c]1nc2nccc(-c3cc(-c4nc5cccnc5o4)c4[nH]cnc4n3)c2[nH]1. The number of nitrogens with zero attached hydrogens (tertiary/aromatic N) is 6. The van der Waals surface area contributed by atoms with Gasteiger partial charge in [-0.2, -0.15) is 0 Å². The minimum atomic E-state index is 0.447. The first-order valence-corrected chi connectivity index (χ1v) is 8.14. The molecule has 6 heterocycles. The van der Waals surface area contributed by atoms with Crippen molar-refractivity contribution in [1.82, 2.24) is 39.9 Å². The fraction of sp³-hybridized carbons (Fsp3) is 0. The Balaban J connectivity index is 1.65. The fourth-order valence-electron chi connectivity index (χ4n) is 3.13. The number of hydrogen-bond donors (Lipinski definition) is 2. The third kappa shape index (κ3) is 2.05. The van der Waals surface area contributed by atoms with E-state index >= 15 is 0 Å². The molecule has 0 fully saturated rings. The summed E-state index contributed by atoms with van der Waals surface area (Å²) in [6.45, 7) is 0. The molecular formula is C18H9N8O. The van der Waals surface area contributed by atoms with E-state index in [9.17, 15) is 0 Å². The summed E-state index contributed by atoms with van der Waals surface area (Å²) in [6.07, 6.45) is 7.67. The summed E-state index contributed by atoms with van der Waals surface area (Å²) < 4.78 is 5.86. The molecule has 0 saturated heterocycles. The Bertz CT molecular complexity index is 1410. The second-order valence-electron chi connectivity index (χ2n) is 5.91. The van der Waals surface area contributed by atoms with Gasteiger partial charge in [0, 0.05) is 18.0 Å². The van der Waals surface area contributed by atoms with Gasteiger partial charge in [0.05, 0.1) is 28.6 Å². The standard InChI is InChI=1S/C18H9N8O/c1-2-11-18(20-4-1)27-17(26-11)10-6-12(25-16-14(10)22-8-24-16)9-3-5-19-15-13(9)21-7-23-15/h1-6,8H,(H,19,21,23)(H,22,24,25). The van der Waals surface area contributed by atoms with E-state index in [0.717, 1.165) is 22.2 Å². The van der Waals surface area contributed by atoms with Crippen LogP contribution in [0, 0.1) is 6.33 Å². The van der Waals surface area contributed by atoms with E-state index in [0.29, 0.717) is 34.1 Å². The molecule has 6 aromatic rings. The lowest BCUT2D eigenvalue weighted by Crippen LogP contribution is -1.91. The summed E-state index contributed by atoms with van der Waals surface area (Å²) in [7, 11) is 0. The van der Waals surface area contributed by atoms with Crippen molar-refractivity contribution in [1.29, 1.82) is 0 Å². The van der Waals surface area contributed by atoms with Gasteiger partial charge in [-0.25, -0.2) is 29.9 Å². The minimum absolute atomic E-state index is 0.447. The fourth-order valence-corrected chi connectivity index (χ4v) is 3.13. The topological polar surface area (TPSA) is 122 Å². The summed E-state index contributed by atoms with van der Waals surface area (Å²) >= 11 is 0. The molecule has 0 aliphatic rings. The molecule has 127 valence electrons. The summed E-state index contributed by atoms with van der Waals surface area (Å²) in [5.41, 5.74) is 6.09. The van der Waals surface area contributed by atoms with E-state index in [1.807, 2.05) is 24.3 Å². The van der Waals surface area contributed by atoms with E-state index < -0.39 is 0 Å². The van der Waals surface area contributed by atoms with Gasteiger partial charge in [0.2, 0.25) is 11.6 Å². The van der Waals surface area contributed by atoms with E-state index in [2.05, 4.69) is 46.2 Å². The van der Waals surface area contributed by atoms with Gasteiger partial charge in [0.1, 0.15) is 5.52 Å². The Morgan fingerprint density at radius 1 is 0.926 bits per heavy atom. The Morgan fingerprint density at radius 3 is 2.89 bits per heavy atom. The van der Waals surface area contributed by atoms with E-state index in [1.165, 1.54) is 0 Å². The Labute approximate surface area is 150 Å². The van der Waals surface area contributed by atoms with Gasteiger partial charge < -0.3 is 14.4 Å². The van der Waals surface area contributed by atoms with Gasteiger partial charge in [-0.15, -0.1) is 0 Å². The Morgan fingerprint density at radius 2 is 1.93 bits per heavy atom. The van der Waals surface area contributed by atoms with Crippen LogP contribution in [0.4, 0.5) is 0 Å². The first-order chi connectivity index (χ1) is 13.4. The number of hydrogen-bond acceptors (Lipinski definition) is 7. The quantitative estimate of drug-likeness (QED) is 0.491. The van der Waals surface area contributed by atoms with E-state index in [1.54, 1.807) is 18.7 Å². The maximum Gasteiger partial charge on any atom is 0.247 e. The lowest BCUT2D eigenvalue weighted by Gasteiger charge is -2.05. The predicted octanol–water partition coefficient (Wildman–Crippen LogP) is 2.90. The number of nitrogens with one attached hydrogen (secondary N) is 2. The van der Waals surface area contributed by atoms with Crippen LogP contribution in [0.1, 0.15) is 0 Å². The number of fused-ring (bicyclic) bond motifs is 3. The highest BCUT2D eigenvalue weighted by atomic mass is 16.4. The number of aromatic nitrogens is 8. The zero-order valence-corrected chi connectivity index (χ0v) is 13.6. The largest absolute Gasteiger partial charge is 0.418 e. The molecule has 9 heteroatoms. The van der Waals surface area contributed by atoms with Crippen molar-refractivity contribution in [3.05, 3.63) is 49.3 Å². The van der Waals surface area contributed by atoms with Crippen LogP contribution >= 0.6 is 0 Å². The molecule has 0 spiro atoms. The smallest absolute Gasteiger partial charge is 0.247 e. The van der Waals surface area contributed by atoms with Crippen molar-refractivity contribution in [3.8, 4) is 22.7 Å². The molecule has 0 amide bonds. The van der Waals surface area contributed by atoms with Crippen molar-refractivity contribution in [2.45, 2.75) is 0 Å². The monoisotopic (exact) mass is 353 g/mol. The molecule has 1 radical (unpaired) electrons. The number of imidazole rings is 2. The summed E-state index contributed by atoms with van der Waals surface area (Å²) in [5.74, 6) is 0.447. The Kier molecular flexibility index (Phi) is 2.70. The molecule has 0 unspecified atom stereocenters. The van der Waals surface area contributed by atoms with Gasteiger partial charge in [0.25, 0.3) is 0 Å². The van der Waals surface area contributed by atoms with Gasteiger partial charge in [-0.3, -0.25) is 0 Å². The third-order valence-electron chi connectivity index (χ3n) is 4.34. The first kappa shape index (κ1) is 14.1. The van der Waals surface area contributed by atoms with Crippen molar-refractivity contribution in [3.63, 3.8) is 0 Å². The average molecular weight is 353 g/mol. The van der Waals surface area contributed by atoms with Crippen LogP contribution in [0.15, 0.2) is 47.4 Å². The first-order valence-electron chi connectivity index (χ1n) is 8.14. The van der Waals surface area contributed by atoms with Crippen LogP contribution in [0.5, 0.6) is 0 Å². The zero-order chi connectivity index (χ0) is 17.8. The maximum atomic E-state index is 5.86. The molecule has 6 rings (SSSR count). The number of aromatic amines is 2. The highest BCUT2D eigenvalue weighted by molar-refractivity contribution is 5.95. The third-order valence-corrected chi connectivity index (χ3v) is 4.34. The van der Waals surface area contributed by atoms with Crippen LogP contribution in [0.25, 0.3) is 56.3 Å². The molecule has 0 saturated carbocycles. The molecule has 2 N–H and O–H groups in total. The van der Waals surface area contributed by atoms with E-state index in [4.69, 9.17) is 4.42 Å². The second kappa shape index (κ2) is 5.18. The van der Waals surface area contributed by atoms with Crippen molar-refractivity contribution < 1.29 is 4.42 Å². The highest BCUT2D eigenvalue weighted by Gasteiger charge is 2.18. The number of oxazole rings is 1. The summed E-state index contributed by atoms with van der Waals surface area (Å²) in [4.78, 5) is 32.2. The summed E-state index contributed by atoms with van der Waals surface area (Å²) in [5, 5.41) is 0. The highest BCUT2D eigenvalue weighted by Crippen LogP contribution is 2.33. The molecule has 0 aliphatic carbocycles. The lowest BCUT2D eigenvalue weighted by molar-refractivity contribution is 0.608. The van der Waals surface area contributed by atoms with Crippen LogP contribution in [0.3, 0.4) is 0 Å². The average Bonchev–Trinajstić information content (AvgIpc) is 3.44. The number of pyridine rings is 3. The van der Waals surface area contributed by atoms with Crippen molar-refractivity contribution in [2.24, 2.45) is 0 Å². The van der Waals surface area contributed by atoms with Gasteiger partial charge in [-0.1, -0.05) is 0 Å². The molecule has 6 aromatic heterocycles. The number of H-pyrrole nitrogens is 2.